The van der Waals surface area contributed by atoms with E-state index in [1.165, 1.54) is 18.9 Å². The highest BCUT2D eigenvalue weighted by Crippen LogP contribution is 2.29. The lowest BCUT2D eigenvalue weighted by atomic mass is 10.1. The molecule has 0 aliphatic carbocycles. The monoisotopic (exact) mass is 475 g/mol. The minimum atomic E-state index is -0.259. The summed E-state index contributed by atoms with van der Waals surface area (Å²) in [5, 5.41) is 3.82. The maximum Gasteiger partial charge on any atom is 0.266 e. The lowest BCUT2D eigenvalue weighted by molar-refractivity contribution is -0.113. The molecule has 3 aromatic carbocycles. The molecule has 0 saturated carbocycles. The number of methoxy groups -OCH3 is 2. The van der Waals surface area contributed by atoms with E-state index in [0.717, 1.165) is 11.1 Å². The molecule has 0 spiro atoms. The first-order chi connectivity index (χ1) is 16.4. The summed E-state index contributed by atoms with van der Waals surface area (Å²) in [7, 11) is 3.09. The van der Waals surface area contributed by atoms with Crippen molar-refractivity contribution in [3.63, 3.8) is 0 Å². The summed E-state index contributed by atoms with van der Waals surface area (Å²) in [6.07, 6.45) is 0. The van der Waals surface area contributed by atoms with Crippen molar-refractivity contribution in [1.29, 1.82) is 0 Å². The molecule has 174 valence electrons. The van der Waals surface area contributed by atoms with E-state index >= 15 is 0 Å². The largest absolute Gasteiger partial charge is 0.497 e. The van der Waals surface area contributed by atoms with Crippen LogP contribution in [0.2, 0.25) is 0 Å². The fourth-order valence-corrected chi connectivity index (χ4v) is 4.34. The van der Waals surface area contributed by atoms with E-state index in [2.05, 4.69) is 5.32 Å². The number of hydrogen-bond donors (Lipinski definition) is 1. The SMILES string of the molecule is COc1ccc(OC)c(NC(=O)CSc2nc3ccccc3c(=O)n2-c2ccc(C)c(C)c2)c1. The molecule has 0 aliphatic rings. The number of benzene rings is 3. The van der Waals surface area contributed by atoms with Crippen LogP contribution >= 0.6 is 11.8 Å². The summed E-state index contributed by atoms with van der Waals surface area (Å²) in [6.45, 7) is 4.02. The van der Waals surface area contributed by atoms with E-state index < -0.39 is 0 Å². The van der Waals surface area contributed by atoms with Gasteiger partial charge in [-0.2, -0.15) is 0 Å². The van der Waals surface area contributed by atoms with Crippen molar-refractivity contribution in [2.75, 3.05) is 25.3 Å². The maximum atomic E-state index is 13.4. The number of ether oxygens (including phenoxy) is 2. The zero-order valence-electron chi connectivity index (χ0n) is 19.4. The van der Waals surface area contributed by atoms with Crippen molar-refractivity contribution in [3.8, 4) is 17.2 Å². The molecule has 0 aliphatic heterocycles. The van der Waals surface area contributed by atoms with Crippen LogP contribution in [-0.4, -0.2) is 35.4 Å². The van der Waals surface area contributed by atoms with Crippen LogP contribution < -0.4 is 20.3 Å². The fraction of sp³-hybridized carbons (Fsp3) is 0.192. The second kappa shape index (κ2) is 10.0. The van der Waals surface area contributed by atoms with Gasteiger partial charge in [0, 0.05) is 6.07 Å². The zero-order chi connectivity index (χ0) is 24.2. The average molecular weight is 476 g/mol. The van der Waals surface area contributed by atoms with Gasteiger partial charge in [-0.1, -0.05) is 30.0 Å². The van der Waals surface area contributed by atoms with Crippen LogP contribution in [0.4, 0.5) is 5.69 Å². The molecule has 1 amide bonds. The fourth-order valence-electron chi connectivity index (χ4n) is 3.53. The Morgan fingerprint density at radius 2 is 1.79 bits per heavy atom. The number of amides is 1. The Balaban J connectivity index is 1.67. The average Bonchev–Trinajstić information content (AvgIpc) is 2.84. The van der Waals surface area contributed by atoms with E-state index in [4.69, 9.17) is 14.5 Å². The first-order valence-corrected chi connectivity index (χ1v) is 11.6. The smallest absolute Gasteiger partial charge is 0.266 e. The Bertz CT molecular complexity index is 1430. The third-order valence-electron chi connectivity index (χ3n) is 5.51. The van der Waals surface area contributed by atoms with Crippen LogP contribution in [0.25, 0.3) is 16.6 Å². The predicted molar refractivity (Wildman–Crippen MR) is 136 cm³/mol. The van der Waals surface area contributed by atoms with E-state index in [1.54, 1.807) is 42.0 Å². The molecule has 7 nitrogen and oxygen atoms in total. The number of rotatable bonds is 7. The molecule has 0 radical (unpaired) electrons. The number of para-hydroxylation sites is 1. The van der Waals surface area contributed by atoms with Gasteiger partial charge in [0.2, 0.25) is 5.91 Å². The van der Waals surface area contributed by atoms with E-state index in [9.17, 15) is 9.59 Å². The molecule has 0 saturated heterocycles. The summed E-state index contributed by atoms with van der Waals surface area (Å²) in [5.41, 5.74) is 3.83. The van der Waals surface area contributed by atoms with Gasteiger partial charge in [-0.05, 0) is 61.4 Å². The molecule has 0 fully saturated rings. The van der Waals surface area contributed by atoms with Gasteiger partial charge in [-0.15, -0.1) is 0 Å². The Morgan fingerprint density at radius 1 is 1.00 bits per heavy atom. The van der Waals surface area contributed by atoms with Gasteiger partial charge in [0.1, 0.15) is 11.5 Å². The lowest BCUT2D eigenvalue weighted by Gasteiger charge is -2.15. The molecule has 34 heavy (non-hydrogen) atoms. The first-order valence-electron chi connectivity index (χ1n) is 10.7. The van der Waals surface area contributed by atoms with Crippen molar-refractivity contribution < 1.29 is 14.3 Å². The van der Waals surface area contributed by atoms with Gasteiger partial charge in [-0.3, -0.25) is 14.2 Å². The van der Waals surface area contributed by atoms with Crippen LogP contribution in [0.1, 0.15) is 11.1 Å². The van der Waals surface area contributed by atoms with Crippen LogP contribution in [0.15, 0.2) is 70.6 Å². The lowest BCUT2D eigenvalue weighted by Crippen LogP contribution is -2.23. The Hall–Kier alpha value is -3.78. The number of aryl methyl sites for hydroxylation is 2. The summed E-state index contributed by atoms with van der Waals surface area (Å²) in [4.78, 5) is 30.9. The number of aromatic nitrogens is 2. The van der Waals surface area contributed by atoms with Crippen LogP contribution in [0.5, 0.6) is 11.5 Å². The number of carbonyl (C=O) groups excluding carboxylic acids is 1. The molecular formula is C26H25N3O4S. The number of nitrogens with one attached hydrogen (secondary N) is 1. The minimum absolute atomic E-state index is 0.0516. The van der Waals surface area contributed by atoms with Gasteiger partial charge in [0.05, 0.1) is 42.3 Å². The molecule has 0 bridgehead atoms. The molecule has 1 heterocycles. The van der Waals surface area contributed by atoms with E-state index in [1.807, 2.05) is 44.2 Å². The van der Waals surface area contributed by atoms with Crippen LogP contribution in [-0.2, 0) is 4.79 Å². The second-order valence-corrected chi connectivity index (χ2v) is 8.67. The number of nitrogens with zero attached hydrogens (tertiary/aromatic N) is 2. The Labute approximate surface area is 201 Å². The van der Waals surface area contributed by atoms with Crippen LogP contribution in [0.3, 0.4) is 0 Å². The number of carbonyl (C=O) groups is 1. The summed E-state index contributed by atoms with van der Waals surface area (Å²) >= 11 is 1.20. The third-order valence-corrected chi connectivity index (χ3v) is 6.45. The highest BCUT2D eigenvalue weighted by atomic mass is 32.2. The molecule has 4 aromatic rings. The van der Waals surface area contributed by atoms with Crippen LogP contribution in [0, 0.1) is 13.8 Å². The number of hydrogen-bond acceptors (Lipinski definition) is 6. The van der Waals surface area contributed by atoms with Gasteiger partial charge < -0.3 is 14.8 Å². The second-order valence-electron chi connectivity index (χ2n) is 7.72. The Morgan fingerprint density at radius 3 is 2.53 bits per heavy atom. The number of thioether (sulfide) groups is 1. The summed E-state index contributed by atoms with van der Waals surface area (Å²) in [6, 6.07) is 18.2. The third kappa shape index (κ3) is 4.77. The molecule has 0 unspecified atom stereocenters. The van der Waals surface area contributed by atoms with Crippen molar-refractivity contribution in [3.05, 3.63) is 82.1 Å². The molecule has 8 heteroatoms. The molecule has 1 aromatic heterocycles. The van der Waals surface area contributed by atoms with Gasteiger partial charge in [0.15, 0.2) is 5.16 Å². The topological polar surface area (TPSA) is 82.5 Å². The van der Waals surface area contributed by atoms with Gasteiger partial charge >= 0.3 is 0 Å². The predicted octanol–water partition coefficient (Wildman–Crippen LogP) is 4.75. The maximum absolute atomic E-state index is 13.4. The molecular weight excluding hydrogens is 450 g/mol. The van der Waals surface area contributed by atoms with E-state index in [-0.39, 0.29) is 17.2 Å². The first kappa shape index (κ1) is 23.4. The molecule has 1 N–H and O–H groups in total. The molecule has 4 rings (SSSR count). The number of anilines is 1. The zero-order valence-corrected chi connectivity index (χ0v) is 20.2. The summed E-state index contributed by atoms with van der Waals surface area (Å²) < 4.78 is 12.1. The standard InChI is InChI=1S/C26H25N3O4S/c1-16-9-10-18(13-17(16)2)29-25(31)20-7-5-6-8-21(20)28-26(29)34-15-24(30)27-22-14-19(32-3)11-12-23(22)33-4/h5-14H,15H2,1-4H3,(H,27,30). The Kier molecular flexibility index (Phi) is 6.88. The molecule has 0 atom stereocenters. The highest BCUT2D eigenvalue weighted by Gasteiger charge is 2.16. The van der Waals surface area contributed by atoms with Crippen molar-refractivity contribution >= 4 is 34.3 Å². The normalized spacial score (nSPS) is 10.8. The van der Waals surface area contributed by atoms with Crippen molar-refractivity contribution in [2.24, 2.45) is 0 Å². The number of fused-ring (bicyclic) bond motifs is 1. The quantitative estimate of drug-likeness (QED) is 0.307. The van der Waals surface area contributed by atoms with Gasteiger partial charge in [-0.25, -0.2) is 4.98 Å². The highest BCUT2D eigenvalue weighted by molar-refractivity contribution is 7.99. The van der Waals surface area contributed by atoms with Gasteiger partial charge in [0.25, 0.3) is 5.56 Å². The van der Waals surface area contributed by atoms with Crippen molar-refractivity contribution in [2.45, 2.75) is 19.0 Å². The van der Waals surface area contributed by atoms with Crippen molar-refractivity contribution in [1.82, 2.24) is 9.55 Å². The minimum Gasteiger partial charge on any atom is -0.497 e. The summed E-state index contributed by atoms with van der Waals surface area (Å²) in [5.74, 6) is 0.917. The van der Waals surface area contributed by atoms with E-state index in [0.29, 0.717) is 38.9 Å².